The average molecular weight is 245 g/mol. The lowest BCUT2D eigenvalue weighted by Crippen LogP contribution is -2.27. The molecule has 1 aliphatic carbocycles. The first-order valence-electron chi connectivity index (χ1n) is 7.14. The third-order valence-electron chi connectivity index (χ3n) is 4.13. The molecule has 0 bridgehead atoms. The van der Waals surface area contributed by atoms with Gasteiger partial charge < -0.3 is 0 Å². The van der Waals surface area contributed by atoms with E-state index in [9.17, 15) is 4.79 Å². The highest BCUT2D eigenvalue weighted by molar-refractivity contribution is 5.82. The largest absolute Gasteiger partial charge is 0.299 e. The summed E-state index contributed by atoms with van der Waals surface area (Å²) in [5, 5.41) is 0. The standard InChI is InChI=1S/C16H23NO/c1-3-5-13-7-8-16(18)14(10-13)11-15-12(2)6-4-9-17-15/h4,6,9,13-14H,3,5,7-8,10-11H2,1-2H3. The molecule has 0 saturated heterocycles. The van der Waals surface area contributed by atoms with Crippen LogP contribution in [0.4, 0.5) is 0 Å². The molecule has 0 aromatic carbocycles. The van der Waals surface area contributed by atoms with E-state index in [4.69, 9.17) is 0 Å². The maximum absolute atomic E-state index is 12.0. The van der Waals surface area contributed by atoms with E-state index in [2.05, 4.69) is 24.9 Å². The number of Topliss-reactive ketones (excluding diaryl/α,β-unsaturated/α-hetero) is 1. The Balaban J connectivity index is 2.03. The van der Waals surface area contributed by atoms with Gasteiger partial charge in [-0.2, -0.15) is 0 Å². The van der Waals surface area contributed by atoms with Gasteiger partial charge in [0.1, 0.15) is 5.78 Å². The van der Waals surface area contributed by atoms with E-state index in [0.717, 1.165) is 37.3 Å². The number of nitrogens with zero attached hydrogens (tertiary/aromatic N) is 1. The first kappa shape index (κ1) is 13.3. The summed E-state index contributed by atoms with van der Waals surface area (Å²) in [7, 11) is 0. The van der Waals surface area contributed by atoms with Crippen LogP contribution in [0.25, 0.3) is 0 Å². The van der Waals surface area contributed by atoms with Crippen LogP contribution in [-0.4, -0.2) is 10.8 Å². The third-order valence-corrected chi connectivity index (χ3v) is 4.13. The Labute approximate surface area is 110 Å². The molecule has 18 heavy (non-hydrogen) atoms. The van der Waals surface area contributed by atoms with Crippen LogP contribution in [0.3, 0.4) is 0 Å². The van der Waals surface area contributed by atoms with E-state index in [-0.39, 0.29) is 5.92 Å². The molecule has 98 valence electrons. The normalized spacial score (nSPS) is 24.2. The van der Waals surface area contributed by atoms with Crippen molar-refractivity contribution in [2.45, 2.75) is 52.4 Å². The summed E-state index contributed by atoms with van der Waals surface area (Å²) >= 11 is 0. The third kappa shape index (κ3) is 3.18. The van der Waals surface area contributed by atoms with Gasteiger partial charge in [-0.1, -0.05) is 25.8 Å². The van der Waals surface area contributed by atoms with Crippen LogP contribution < -0.4 is 0 Å². The van der Waals surface area contributed by atoms with Crippen LogP contribution in [0.5, 0.6) is 0 Å². The van der Waals surface area contributed by atoms with Crippen molar-refractivity contribution in [1.82, 2.24) is 4.98 Å². The minimum absolute atomic E-state index is 0.212. The Morgan fingerprint density at radius 2 is 2.28 bits per heavy atom. The van der Waals surface area contributed by atoms with Crippen molar-refractivity contribution >= 4 is 5.78 Å². The quantitative estimate of drug-likeness (QED) is 0.809. The Morgan fingerprint density at radius 1 is 1.44 bits per heavy atom. The zero-order valence-electron chi connectivity index (χ0n) is 11.5. The molecule has 0 aliphatic heterocycles. The molecule has 0 radical (unpaired) electrons. The van der Waals surface area contributed by atoms with Gasteiger partial charge in [0, 0.05) is 24.2 Å². The van der Waals surface area contributed by atoms with Gasteiger partial charge in [0.2, 0.25) is 0 Å². The molecule has 2 rings (SSSR count). The number of pyridine rings is 1. The highest BCUT2D eigenvalue weighted by atomic mass is 16.1. The highest BCUT2D eigenvalue weighted by Crippen LogP contribution is 2.31. The summed E-state index contributed by atoms with van der Waals surface area (Å²) in [6.07, 6.45) is 8.12. The number of carbonyl (C=O) groups excluding carboxylic acids is 1. The molecular weight excluding hydrogens is 222 g/mol. The molecule has 1 heterocycles. The van der Waals surface area contributed by atoms with E-state index in [0.29, 0.717) is 5.78 Å². The maximum atomic E-state index is 12.0. The summed E-state index contributed by atoms with van der Waals surface area (Å²) in [6.45, 7) is 4.31. The average Bonchev–Trinajstić information content (AvgIpc) is 2.36. The molecule has 0 spiro atoms. The van der Waals surface area contributed by atoms with Gasteiger partial charge >= 0.3 is 0 Å². The van der Waals surface area contributed by atoms with Crippen molar-refractivity contribution < 1.29 is 4.79 Å². The van der Waals surface area contributed by atoms with Gasteiger partial charge in [0.25, 0.3) is 0 Å². The van der Waals surface area contributed by atoms with E-state index < -0.39 is 0 Å². The minimum atomic E-state index is 0.212. The topological polar surface area (TPSA) is 30.0 Å². The number of hydrogen-bond acceptors (Lipinski definition) is 2. The smallest absolute Gasteiger partial charge is 0.136 e. The van der Waals surface area contributed by atoms with Crippen molar-refractivity contribution in [1.29, 1.82) is 0 Å². The van der Waals surface area contributed by atoms with Crippen molar-refractivity contribution in [2.24, 2.45) is 11.8 Å². The molecule has 1 aliphatic rings. The van der Waals surface area contributed by atoms with Crippen molar-refractivity contribution in [3.8, 4) is 0 Å². The number of carbonyl (C=O) groups is 1. The second kappa shape index (κ2) is 6.12. The van der Waals surface area contributed by atoms with Crippen LogP contribution in [0.15, 0.2) is 18.3 Å². The maximum Gasteiger partial charge on any atom is 0.136 e. The number of aromatic nitrogens is 1. The summed E-state index contributed by atoms with van der Waals surface area (Å²) in [4.78, 5) is 16.5. The zero-order valence-corrected chi connectivity index (χ0v) is 11.5. The SMILES string of the molecule is CCCC1CCC(=O)C(Cc2ncccc2C)C1. The molecule has 2 atom stereocenters. The summed E-state index contributed by atoms with van der Waals surface area (Å²) < 4.78 is 0. The lowest BCUT2D eigenvalue weighted by atomic mass is 9.76. The molecule has 2 nitrogen and oxygen atoms in total. The lowest BCUT2D eigenvalue weighted by molar-refractivity contribution is -0.125. The first-order chi connectivity index (χ1) is 8.70. The van der Waals surface area contributed by atoms with Gasteiger partial charge in [0.15, 0.2) is 0 Å². The van der Waals surface area contributed by atoms with Crippen molar-refractivity contribution in [2.75, 3.05) is 0 Å². The van der Waals surface area contributed by atoms with Crippen LogP contribution >= 0.6 is 0 Å². The van der Waals surface area contributed by atoms with Gasteiger partial charge in [-0.25, -0.2) is 0 Å². The van der Waals surface area contributed by atoms with E-state index in [1.54, 1.807) is 0 Å². The fourth-order valence-electron chi connectivity index (χ4n) is 3.04. The van der Waals surface area contributed by atoms with E-state index in [1.165, 1.54) is 18.4 Å². The molecule has 1 saturated carbocycles. The fraction of sp³-hybridized carbons (Fsp3) is 0.625. The second-order valence-electron chi connectivity index (χ2n) is 5.56. The number of aryl methyl sites for hydroxylation is 1. The second-order valence-corrected chi connectivity index (χ2v) is 5.56. The number of rotatable bonds is 4. The predicted molar refractivity (Wildman–Crippen MR) is 73.4 cm³/mol. The molecule has 1 fully saturated rings. The molecular formula is C16H23NO. The Hall–Kier alpha value is -1.18. The Bertz CT molecular complexity index is 413. The predicted octanol–water partition coefficient (Wildman–Crippen LogP) is 3.72. The van der Waals surface area contributed by atoms with Gasteiger partial charge in [0.05, 0.1) is 0 Å². The van der Waals surface area contributed by atoms with Crippen LogP contribution in [0.1, 0.15) is 50.3 Å². The molecule has 2 heteroatoms. The van der Waals surface area contributed by atoms with E-state index in [1.807, 2.05) is 12.3 Å². The van der Waals surface area contributed by atoms with Gasteiger partial charge in [-0.05, 0) is 43.7 Å². The number of hydrogen-bond donors (Lipinski definition) is 0. The summed E-state index contributed by atoms with van der Waals surface area (Å²) in [6, 6.07) is 4.04. The lowest BCUT2D eigenvalue weighted by Gasteiger charge is -2.28. The van der Waals surface area contributed by atoms with Crippen LogP contribution in [0, 0.1) is 18.8 Å². The van der Waals surface area contributed by atoms with Gasteiger partial charge in [-0.15, -0.1) is 0 Å². The van der Waals surface area contributed by atoms with Crippen molar-refractivity contribution in [3.63, 3.8) is 0 Å². The molecule has 1 aromatic rings. The monoisotopic (exact) mass is 245 g/mol. The van der Waals surface area contributed by atoms with Crippen LogP contribution in [0.2, 0.25) is 0 Å². The van der Waals surface area contributed by atoms with E-state index >= 15 is 0 Å². The minimum Gasteiger partial charge on any atom is -0.299 e. The Morgan fingerprint density at radius 3 is 3.00 bits per heavy atom. The zero-order chi connectivity index (χ0) is 13.0. The number of ketones is 1. The first-order valence-corrected chi connectivity index (χ1v) is 7.14. The Kier molecular flexibility index (Phi) is 4.51. The molecule has 1 aromatic heterocycles. The van der Waals surface area contributed by atoms with Crippen molar-refractivity contribution in [3.05, 3.63) is 29.6 Å². The molecule has 2 unspecified atom stereocenters. The summed E-state index contributed by atoms with van der Waals surface area (Å²) in [5.74, 6) is 1.41. The van der Waals surface area contributed by atoms with Crippen LogP contribution in [-0.2, 0) is 11.2 Å². The highest BCUT2D eigenvalue weighted by Gasteiger charge is 2.28. The summed E-state index contributed by atoms with van der Waals surface area (Å²) in [5.41, 5.74) is 2.32. The fourth-order valence-corrected chi connectivity index (χ4v) is 3.04. The van der Waals surface area contributed by atoms with Gasteiger partial charge in [-0.3, -0.25) is 9.78 Å². The molecule has 0 N–H and O–H groups in total. The molecule has 0 amide bonds.